The number of hydrogen-bond acceptors (Lipinski definition) is 3. The Labute approximate surface area is 135 Å². The Morgan fingerprint density at radius 1 is 1.09 bits per heavy atom. The van der Waals surface area contributed by atoms with E-state index in [9.17, 15) is 9.59 Å². The predicted octanol–water partition coefficient (Wildman–Crippen LogP) is 4.34. The molecule has 0 aromatic heterocycles. The molecule has 0 unspecified atom stereocenters. The maximum atomic E-state index is 11.9. The third kappa shape index (κ3) is 2.97. The van der Waals surface area contributed by atoms with E-state index in [1.165, 1.54) is 0 Å². The Balaban J connectivity index is 1.91. The minimum absolute atomic E-state index is 0.290. The van der Waals surface area contributed by atoms with Gasteiger partial charge in [-0.3, -0.25) is 5.32 Å². The van der Waals surface area contributed by atoms with Gasteiger partial charge in [-0.2, -0.15) is 0 Å². The fourth-order valence-corrected chi connectivity index (χ4v) is 2.89. The smallest absolute Gasteiger partial charge is 0.412 e. The van der Waals surface area contributed by atoms with Crippen molar-refractivity contribution < 1.29 is 14.3 Å². The first-order chi connectivity index (χ1) is 10.9. The fourth-order valence-electron chi connectivity index (χ4n) is 2.89. The molecule has 1 N–H and O–H groups in total. The number of aldehydes is 1. The van der Waals surface area contributed by atoms with Crippen LogP contribution in [0, 0.1) is 0 Å². The molecule has 4 heteroatoms. The van der Waals surface area contributed by atoms with Gasteiger partial charge in [0.25, 0.3) is 0 Å². The molecule has 0 saturated heterocycles. The number of hydrogen-bond donors (Lipinski definition) is 1. The summed E-state index contributed by atoms with van der Waals surface area (Å²) in [5.41, 5.74) is 4.10. The van der Waals surface area contributed by atoms with Gasteiger partial charge in [0.05, 0.1) is 5.92 Å². The number of ether oxygens (including phenoxy) is 1. The number of benzene rings is 2. The maximum Gasteiger partial charge on any atom is 0.412 e. The number of rotatable bonds is 2. The molecule has 23 heavy (non-hydrogen) atoms. The monoisotopic (exact) mass is 309 g/mol. The second kappa shape index (κ2) is 5.54. The van der Waals surface area contributed by atoms with Crippen LogP contribution in [0.4, 0.5) is 10.5 Å². The van der Waals surface area contributed by atoms with Crippen LogP contribution in [0.1, 0.15) is 37.8 Å². The van der Waals surface area contributed by atoms with Crippen molar-refractivity contribution in [3.8, 4) is 11.1 Å². The van der Waals surface area contributed by atoms with Crippen LogP contribution in [0.5, 0.6) is 0 Å². The van der Waals surface area contributed by atoms with Crippen LogP contribution in [0.25, 0.3) is 11.1 Å². The SMILES string of the molecule is CC(C)(C)OC(=O)Nc1ccc2c(c1)[C@@H](C=O)c1ccccc1-2. The lowest BCUT2D eigenvalue weighted by molar-refractivity contribution is -0.108. The first-order valence-corrected chi connectivity index (χ1v) is 7.57. The summed E-state index contributed by atoms with van der Waals surface area (Å²) in [7, 11) is 0. The Kier molecular flexibility index (Phi) is 3.68. The van der Waals surface area contributed by atoms with E-state index in [1.807, 2.05) is 63.2 Å². The molecule has 2 aromatic rings. The minimum Gasteiger partial charge on any atom is -0.444 e. The van der Waals surface area contributed by atoms with E-state index >= 15 is 0 Å². The first kappa shape index (κ1) is 15.3. The van der Waals surface area contributed by atoms with Gasteiger partial charge in [-0.15, -0.1) is 0 Å². The minimum atomic E-state index is -0.553. The molecule has 0 radical (unpaired) electrons. The summed E-state index contributed by atoms with van der Waals surface area (Å²) in [4.78, 5) is 23.4. The summed E-state index contributed by atoms with van der Waals surface area (Å²) >= 11 is 0. The largest absolute Gasteiger partial charge is 0.444 e. The van der Waals surface area contributed by atoms with Crippen LogP contribution in [-0.4, -0.2) is 18.0 Å². The van der Waals surface area contributed by atoms with Crippen LogP contribution in [0.2, 0.25) is 0 Å². The zero-order valence-corrected chi connectivity index (χ0v) is 13.4. The van der Waals surface area contributed by atoms with Crippen molar-refractivity contribution in [1.29, 1.82) is 0 Å². The van der Waals surface area contributed by atoms with Crippen molar-refractivity contribution in [2.75, 3.05) is 5.32 Å². The lowest BCUT2D eigenvalue weighted by Gasteiger charge is -2.20. The van der Waals surface area contributed by atoms with Crippen molar-refractivity contribution in [3.05, 3.63) is 53.6 Å². The molecule has 4 nitrogen and oxygen atoms in total. The highest BCUT2D eigenvalue weighted by Crippen LogP contribution is 2.44. The van der Waals surface area contributed by atoms with E-state index in [-0.39, 0.29) is 5.92 Å². The molecule has 118 valence electrons. The molecule has 1 amide bonds. The summed E-state index contributed by atoms with van der Waals surface area (Å²) in [6.07, 6.45) is 0.442. The molecular weight excluding hydrogens is 290 g/mol. The number of carbonyl (C=O) groups excluding carboxylic acids is 2. The summed E-state index contributed by atoms with van der Waals surface area (Å²) < 4.78 is 5.26. The van der Waals surface area contributed by atoms with Crippen LogP contribution < -0.4 is 5.32 Å². The van der Waals surface area contributed by atoms with Gasteiger partial charge in [0.2, 0.25) is 0 Å². The average Bonchev–Trinajstić information content (AvgIpc) is 2.78. The first-order valence-electron chi connectivity index (χ1n) is 7.57. The summed E-state index contributed by atoms with van der Waals surface area (Å²) in [6, 6.07) is 13.5. The number of anilines is 1. The van der Waals surface area contributed by atoms with Crippen molar-refractivity contribution in [2.45, 2.75) is 32.3 Å². The van der Waals surface area contributed by atoms with Crippen LogP contribution in [0.3, 0.4) is 0 Å². The highest BCUT2D eigenvalue weighted by Gasteiger charge is 2.28. The zero-order chi connectivity index (χ0) is 16.6. The van der Waals surface area contributed by atoms with Crippen molar-refractivity contribution in [2.24, 2.45) is 0 Å². The van der Waals surface area contributed by atoms with E-state index in [0.29, 0.717) is 5.69 Å². The van der Waals surface area contributed by atoms with E-state index in [4.69, 9.17) is 4.74 Å². The number of carbonyl (C=O) groups is 2. The summed E-state index contributed by atoms with van der Waals surface area (Å²) in [6.45, 7) is 5.44. The van der Waals surface area contributed by atoms with Gasteiger partial charge in [0.1, 0.15) is 11.9 Å². The summed E-state index contributed by atoms with van der Waals surface area (Å²) in [5.74, 6) is -0.290. The van der Waals surface area contributed by atoms with Crippen molar-refractivity contribution in [3.63, 3.8) is 0 Å². The summed E-state index contributed by atoms with van der Waals surface area (Å²) in [5, 5.41) is 2.72. The molecule has 1 atom stereocenters. The second-order valence-electron chi connectivity index (χ2n) is 6.63. The van der Waals surface area contributed by atoms with Gasteiger partial charge >= 0.3 is 6.09 Å². The van der Waals surface area contributed by atoms with Gasteiger partial charge < -0.3 is 9.53 Å². The number of amides is 1. The van der Waals surface area contributed by atoms with Gasteiger partial charge in [-0.05, 0) is 55.2 Å². The average molecular weight is 309 g/mol. The van der Waals surface area contributed by atoms with Crippen LogP contribution in [0.15, 0.2) is 42.5 Å². The highest BCUT2D eigenvalue weighted by atomic mass is 16.6. The molecular formula is C19H19NO3. The fraction of sp³-hybridized carbons (Fsp3) is 0.263. The molecule has 0 aliphatic heterocycles. The van der Waals surface area contributed by atoms with Gasteiger partial charge in [-0.25, -0.2) is 4.79 Å². The topological polar surface area (TPSA) is 55.4 Å². The third-order valence-corrected chi connectivity index (χ3v) is 3.75. The van der Waals surface area contributed by atoms with E-state index in [2.05, 4.69) is 5.32 Å². The molecule has 1 aliphatic rings. The zero-order valence-electron chi connectivity index (χ0n) is 13.4. The maximum absolute atomic E-state index is 11.9. The molecule has 3 rings (SSSR count). The third-order valence-electron chi connectivity index (χ3n) is 3.75. The standard InChI is InChI=1S/C19H19NO3/c1-19(2,3)23-18(22)20-12-8-9-15-13-6-4-5-7-14(13)17(11-21)16(15)10-12/h4-11,17H,1-3H3,(H,20,22)/t17-/m0/s1. The Bertz CT molecular complexity index is 774. The predicted molar refractivity (Wildman–Crippen MR) is 89.6 cm³/mol. The normalized spacial score (nSPS) is 15.5. The van der Waals surface area contributed by atoms with Crippen LogP contribution in [-0.2, 0) is 9.53 Å². The number of fused-ring (bicyclic) bond motifs is 3. The van der Waals surface area contributed by atoms with E-state index in [1.54, 1.807) is 0 Å². The van der Waals surface area contributed by atoms with Gasteiger partial charge in [0, 0.05) is 5.69 Å². The molecule has 0 fully saturated rings. The number of nitrogens with one attached hydrogen (secondary N) is 1. The lowest BCUT2D eigenvalue weighted by Crippen LogP contribution is -2.27. The molecule has 0 heterocycles. The van der Waals surface area contributed by atoms with Gasteiger partial charge in [-0.1, -0.05) is 30.3 Å². The Morgan fingerprint density at radius 2 is 1.78 bits per heavy atom. The Hall–Kier alpha value is -2.62. The van der Waals surface area contributed by atoms with Crippen molar-refractivity contribution in [1.82, 2.24) is 0 Å². The van der Waals surface area contributed by atoms with E-state index in [0.717, 1.165) is 28.5 Å². The molecule has 1 aliphatic carbocycles. The lowest BCUT2D eigenvalue weighted by atomic mass is 9.98. The molecule has 0 saturated carbocycles. The molecule has 2 aromatic carbocycles. The second-order valence-corrected chi connectivity index (χ2v) is 6.63. The molecule has 0 spiro atoms. The van der Waals surface area contributed by atoms with Crippen molar-refractivity contribution >= 4 is 18.1 Å². The van der Waals surface area contributed by atoms with Crippen LogP contribution >= 0.6 is 0 Å². The Morgan fingerprint density at radius 3 is 2.48 bits per heavy atom. The highest BCUT2D eigenvalue weighted by molar-refractivity contribution is 5.91. The molecule has 0 bridgehead atoms. The van der Waals surface area contributed by atoms with E-state index < -0.39 is 11.7 Å². The quantitative estimate of drug-likeness (QED) is 0.839. The van der Waals surface area contributed by atoms with Gasteiger partial charge in [0.15, 0.2) is 0 Å².